The van der Waals surface area contributed by atoms with E-state index in [0.717, 1.165) is 25.7 Å². The number of cyclic esters (lactones) is 2. The smallest absolute Gasteiger partial charge is 0.310 e. The first-order chi connectivity index (χ1) is 13.7. The molecule has 8 heteroatoms. The molecule has 30 heavy (non-hydrogen) atoms. The van der Waals surface area contributed by atoms with Crippen LogP contribution in [0.3, 0.4) is 0 Å². The number of hydrogen-bond donors (Lipinski definition) is 0. The molecule has 2 aliphatic carbocycles. The summed E-state index contributed by atoms with van der Waals surface area (Å²) in [4.78, 5) is 25.2. The standard InChI is InChI=1S/C22H38O6Si2/c1-21-11-9-13(21)19(23)25-17(21)15(27-29(3,4)5)16(28-30(6,7)8)18-22(2)12-10-14(22)20(24)26-18/h13-18H,9-12H2,1-8H3/t13-,14-,15-,16-,17+,18+,21-,22-/m0/s1. The fourth-order valence-corrected chi connectivity index (χ4v) is 8.08. The number of esters is 2. The molecule has 2 saturated heterocycles. The predicted molar refractivity (Wildman–Crippen MR) is 118 cm³/mol. The van der Waals surface area contributed by atoms with Crippen LogP contribution in [-0.4, -0.2) is 53.0 Å². The summed E-state index contributed by atoms with van der Waals surface area (Å²) in [6.45, 7) is 17.2. The summed E-state index contributed by atoms with van der Waals surface area (Å²) in [5.41, 5.74) is -0.462. The van der Waals surface area contributed by atoms with E-state index in [1.165, 1.54) is 0 Å². The molecule has 0 spiro atoms. The lowest BCUT2D eigenvalue weighted by molar-refractivity contribution is -0.166. The third kappa shape index (κ3) is 3.51. The van der Waals surface area contributed by atoms with Crippen molar-refractivity contribution in [3.05, 3.63) is 0 Å². The van der Waals surface area contributed by atoms with Crippen molar-refractivity contribution in [3.8, 4) is 0 Å². The van der Waals surface area contributed by atoms with E-state index in [4.69, 9.17) is 18.3 Å². The van der Waals surface area contributed by atoms with E-state index in [0.29, 0.717) is 0 Å². The molecule has 0 N–H and O–H groups in total. The second kappa shape index (κ2) is 6.89. The highest BCUT2D eigenvalue weighted by Crippen LogP contribution is 2.60. The Balaban J connectivity index is 1.74. The molecule has 0 bridgehead atoms. The Kier molecular flexibility index (Phi) is 5.17. The minimum Gasteiger partial charge on any atom is -0.459 e. The van der Waals surface area contributed by atoms with Crippen molar-refractivity contribution in [3.63, 3.8) is 0 Å². The topological polar surface area (TPSA) is 71.1 Å². The van der Waals surface area contributed by atoms with Gasteiger partial charge in [-0.25, -0.2) is 0 Å². The maximum atomic E-state index is 12.6. The van der Waals surface area contributed by atoms with Crippen LogP contribution in [0.25, 0.3) is 0 Å². The van der Waals surface area contributed by atoms with Crippen molar-refractivity contribution in [2.24, 2.45) is 22.7 Å². The van der Waals surface area contributed by atoms with Gasteiger partial charge in [0.15, 0.2) is 16.6 Å². The van der Waals surface area contributed by atoms with E-state index in [2.05, 4.69) is 53.1 Å². The molecule has 2 saturated carbocycles. The van der Waals surface area contributed by atoms with Crippen LogP contribution in [-0.2, 0) is 27.9 Å². The number of fused-ring (bicyclic) bond motifs is 2. The summed E-state index contributed by atoms with van der Waals surface area (Å²) in [5.74, 6) is -0.330. The minimum atomic E-state index is -2.02. The van der Waals surface area contributed by atoms with Gasteiger partial charge in [-0.15, -0.1) is 0 Å². The van der Waals surface area contributed by atoms with Crippen LogP contribution in [0.1, 0.15) is 39.5 Å². The molecule has 0 unspecified atom stereocenters. The van der Waals surface area contributed by atoms with Crippen LogP contribution in [0.4, 0.5) is 0 Å². The van der Waals surface area contributed by atoms with Gasteiger partial charge in [-0.1, -0.05) is 13.8 Å². The van der Waals surface area contributed by atoms with Gasteiger partial charge >= 0.3 is 11.9 Å². The quantitative estimate of drug-likeness (QED) is 0.426. The molecule has 8 atom stereocenters. The highest BCUT2D eigenvalue weighted by Gasteiger charge is 2.68. The maximum Gasteiger partial charge on any atom is 0.310 e. The molecule has 0 aromatic carbocycles. The fraction of sp³-hybridized carbons (Fsp3) is 0.909. The SMILES string of the molecule is C[C@]12CC[C@H]1C(=O)O[C@@H]2[C@@H](O[Si](C)(C)C)[C@H](O[Si](C)(C)C)[C@H]1OC(=O)[C@@H]2CC[C@]12C. The number of ether oxygens (including phenoxy) is 2. The Bertz CT molecular complexity index is 681. The summed E-state index contributed by atoms with van der Waals surface area (Å²) in [6.07, 6.45) is 2.09. The molecule has 2 aliphatic heterocycles. The zero-order valence-corrected chi connectivity index (χ0v) is 21.7. The molecule has 0 aromatic heterocycles. The summed E-state index contributed by atoms with van der Waals surface area (Å²) >= 11 is 0. The normalized spacial score (nSPS) is 42.4. The van der Waals surface area contributed by atoms with Gasteiger partial charge in [0.2, 0.25) is 0 Å². The summed E-state index contributed by atoms with van der Waals surface area (Å²) in [6, 6.07) is 0. The first-order valence-corrected chi connectivity index (χ1v) is 18.2. The van der Waals surface area contributed by atoms with Gasteiger partial charge in [-0.3, -0.25) is 9.59 Å². The number of hydrogen-bond acceptors (Lipinski definition) is 6. The van der Waals surface area contributed by atoms with E-state index >= 15 is 0 Å². The molecule has 4 rings (SSSR count). The van der Waals surface area contributed by atoms with Gasteiger partial charge in [-0.2, -0.15) is 0 Å². The van der Waals surface area contributed by atoms with Gasteiger partial charge in [0.05, 0.1) is 11.8 Å². The van der Waals surface area contributed by atoms with Gasteiger partial charge < -0.3 is 18.3 Å². The molecule has 6 nitrogen and oxygen atoms in total. The van der Waals surface area contributed by atoms with E-state index in [1.54, 1.807) is 0 Å². The van der Waals surface area contributed by atoms with Crippen molar-refractivity contribution in [1.29, 1.82) is 0 Å². The maximum absolute atomic E-state index is 12.6. The lowest BCUT2D eigenvalue weighted by atomic mass is 9.56. The summed E-state index contributed by atoms with van der Waals surface area (Å²) < 4.78 is 25.5. The van der Waals surface area contributed by atoms with Gasteiger partial charge in [0, 0.05) is 10.8 Å². The number of carbonyl (C=O) groups is 2. The average Bonchev–Trinajstić information content (AvgIpc) is 2.82. The summed E-state index contributed by atoms with van der Waals surface area (Å²) in [7, 11) is -4.04. The van der Waals surface area contributed by atoms with Crippen molar-refractivity contribution in [1.82, 2.24) is 0 Å². The van der Waals surface area contributed by atoms with Crippen LogP contribution in [0.2, 0.25) is 39.3 Å². The van der Waals surface area contributed by atoms with Crippen molar-refractivity contribution < 1.29 is 27.9 Å². The molecule has 170 valence electrons. The van der Waals surface area contributed by atoms with Crippen LogP contribution in [0, 0.1) is 22.7 Å². The predicted octanol–water partition coefficient (Wildman–Crippen LogP) is 4.11. The lowest BCUT2D eigenvalue weighted by Gasteiger charge is -2.51. The molecule has 2 heterocycles. The molecule has 0 amide bonds. The lowest BCUT2D eigenvalue weighted by Crippen LogP contribution is -2.62. The minimum absolute atomic E-state index is 0.0547. The average molecular weight is 455 g/mol. The number of carbonyl (C=O) groups excluding carboxylic acids is 2. The largest absolute Gasteiger partial charge is 0.459 e. The zero-order valence-electron chi connectivity index (χ0n) is 19.7. The highest BCUT2D eigenvalue weighted by atomic mass is 28.4. The van der Waals surface area contributed by atoms with E-state index in [-0.39, 0.29) is 46.8 Å². The van der Waals surface area contributed by atoms with Gasteiger partial charge in [0.1, 0.15) is 24.4 Å². The molecule has 0 aromatic rings. The first kappa shape index (κ1) is 22.5. The van der Waals surface area contributed by atoms with E-state index < -0.39 is 28.8 Å². The Morgan fingerprint density at radius 1 is 0.767 bits per heavy atom. The van der Waals surface area contributed by atoms with Crippen molar-refractivity contribution in [2.75, 3.05) is 0 Å². The molecular formula is C22H38O6Si2. The fourth-order valence-electron chi connectivity index (χ4n) is 5.93. The monoisotopic (exact) mass is 454 g/mol. The first-order valence-electron chi connectivity index (χ1n) is 11.4. The third-order valence-electron chi connectivity index (χ3n) is 7.79. The van der Waals surface area contributed by atoms with Crippen LogP contribution in [0.5, 0.6) is 0 Å². The molecule has 0 radical (unpaired) electrons. The number of rotatable bonds is 7. The van der Waals surface area contributed by atoms with Crippen molar-refractivity contribution in [2.45, 2.75) is 103 Å². The molecular weight excluding hydrogens is 416 g/mol. The van der Waals surface area contributed by atoms with Crippen LogP contribution >= 0.6 is 0 Å². The zero-order chi connectivity index (χ0) is 22.3. The van der Waals surface area contributed by atoms with Crippen LogP contribution < -0.4 is 0 Å². The van der Waals surface area contributed by atoms with E-state index in [1.807, 2.05) is 0 Å². The summed E-state index contributed by atoms with van der Waals surface area (Å²) in [5, 5.41) is 0. The molecule has 4 fully saturated rings. The Morgan fingerprint density at radius 2 is 1.10 bits per heavy atom. The second-order valence-corrected chi connectivity index (χ2v) is 21.2. The highest BCUT2D eigenvalue weighted by molar-refractivity contribution is 6.70. The van der Waals surface area contributed by atoms with Crippen LogP contribution in [0.15, 0.2) is 0 Å². The van der Waals surface area contributed by atoms with E-state index in [9.17, 15) is 9.59 Å². The van der Waals surface area contributed by atoms with Crippen molar-refractivity contribution >= 4 is 28.6 Å². The molecule has 4 aliphatic rings. The Hall–Kier alpha value is -0.706. The van der Waals surface area contributed by atoms with Gasteiger partial charge in [-0.05, 0) is 65.0 Å². The van der Waals surface area contributed by atoms with Gasteiger partial charge in [0.25, 0.3) is 0 Å². The Morgan fingerprint density at radius 3 is 1.30 bits per heavy atom. The third-order valence-corrected chi connectivity index (χ3v) is 9.75. The Labute approximate surface area is 182 Å². The second-order valence-electron chi connectivity index (χ2n) is 12.3.